The van der Waals surface area contributed by atoms with Crippen LogP contribution in [0.5, 0.6) is 11.5 Å². The molecule has 0 saturated carbocycles. The van der Waals surface area contributed by atoms with Crippen molar-refractivity contribution in [3.8, 4) is 11.5 Å². The third kappa shape index (κ3) is 4.73. The Kier molecular flexibility index (Phi) is 8.07. The van der Waals surface area contributed by atoms with Crippen molar-refractivity contribution in [2.45, 2.75) is 69.9 Å². The molecule has 0 amide bonds. The average Bonchev–Trinajstić information content (AvgIpc) is 3.51. The fourth-order valence-corrected chi connectivity index (χ4v) is 5.99. The van der Waals surface area contributed by atoms with Crippen LogP contribution in [-0.2, 0) is 39.6 Å². The summed E-state index contributed by atoms with van der Waals surface area (Å²) < 4.78 is 38.9. The first kappa shape index (κ1) is 28.4. The molecule has 1 N–H and O–H groups in total. The second-order valence-corrected chi connectivity index (χ2v) is 10.2. The van der Waals surface area contributed by atoms with E-state index in [2.05, 4.69) is 5.18 Å². The Morgan fingerprint density at radius 2 is 1.90 bits per heavy atom. The minimum absolute atomic E-state index is 0.119. The van der Waals surface area contributed by atoms with Crippen molar-refractivity contribution < 1.29 is 47.9 Å². The van der Waals surface area contributed by atoms with Crippen LogP contribution in [0, 0.1) is 11.8 Å². The van der Waals surface area contributed by atoms with Crippen molar-refractivity contribution in [3.63, 3.8) is 0 Å². The van der Waals surface area contributed by atoms with E-state index < -0.39 is 24.3 Å². The second-order valence-electron chi connectivity index (χ2n) is 10.2. The van der Waals surface area contributed by atoms with Gasteiger partial charge < -0.3 is 38.3 Å². The molecule has 0 spiro atoms. The summed E-state index contributed by atoms with van der Waals surface area (Å²) in [6, 6.07) is 3.43. The molecular weight excluding hydrogens is 526 g/mol. The molecular formula is C28H33NO11. The average molecular weight is 560 g/mol. The van der Waals surface area contributed by atoms with Gasteiger partial charge in [-0.15, -0.1) is 4.91 Å². The van der Waals surface area contributed by atoms with Crippen molar-refractivity contribution in [1.82, 2.24) is 0 Å². The highest BCUT2D eigenvalue weighted by Crippen LogP contribution is 2.48. The maximum Gasteiger partial charge on any atom is 0.303 e. The summed E-state index contributed by atoms with van der Waals surface area (Å²) in [6.07, 6.45) is 0.582. The zero-order chi connectivity index (χ0) is 28.6. The zero-order valence-electron chi connectivity index (χ0n) is 22.9. The molecule has 3 fully saturated rings. The number of benzene rings is 2. The molecule has 4 atom stereocenters. The molecule has 12 heteroatoms. The van der Waals surface area contributed by atoms with Crippen LogP contribution in [0.1, 0.15) is 47.7 Å². The molecule has 2 aromatic carbocycles. The van der Waals surface area contributed by atoms with Crippen molar-refractivity contribution in [3.05, 3.63) is 33.7 Å². The van der Waals surface area contributed by atoms with Gasteiger partial charge >= 0.3 is 5.97 Å². The molecule has 3 heterocycles. The summed E-state index contributed by atoms with van der Waals surface area (Å²) in [5.41, 5.74) is 1.97. The normalized spacial score (nSPS) is 27.6. The molecule has 6 rings (SSSR count). The van der Waals surface area contributed by atoms with Crippen molar-refractivity contribution in [2.75, 3.05) is 34.0 Å². The fourth-order valence-electron chi connectivity index (χ4n) is 5.99. The van der Waals surface area contributed by atoms with Crippen LogP contribution in [-0.4, -0.2) is 81.3 Å². The number of nitrogens with zero attached hydrogens (tertiary/aromatic N) is 1. The van der Waals surface area contributed by atoms with E-state index in [1.165, 1.54) is 21.1 Å². The molecule has 2 aromatic rings. The predicted octanol–water partition coefficient (Wildman–Crippen LogP) is 3.60. The van der Waals surface area contributed by atoms with Gasteiger partial charge in [-0.3, -0.25) is 9.59 Å². The maximum atomic E-state index is 12.2. The van der Waals surface area contributed by atoms with Gasteiger partial charge in [-0.1, -0.05) is 0 Å². The molecule has 2 bridgehead atoms. The number of fused-ring (bicyclic) bond motifs is 4. The first-order valence-electron chi connectivity index (χ1n) is 13.2. The molecule has 4 aliphatic rings. The molecule has 4 unspecified atom stereocenters. The lowest BCUT2D eigenvalue weighted by atomic mass is 9.85. The SMILES string of the molecule is COC1C(OC(C)=O)C2COC1(C1OCCCO1)O2.COc1c2c(c(O)c3c(N=O)cc(C)cc13)C(=O)CCC2. The van der Waals surface area contributed by atoms with E-state index in [1.807, 2.05) is 13.0 Å². The molecule has 0 aromatic heterocycles. The number of Topliss-reactive ketones (excluding diaryl/α,β-unsaturated/α-hetero) is 1. The third-order valence-corrected chi connectivity index (χ3v) is 7.55. The van der Waals surface area contributed by atoms with Crippen LogP contribution in [0.15, 0.2) is 17.3 Å². The van der Waals surface area contributed by atoms with Gasteiger partial charge in [0.25, 0.3) is 5.79 Å². The van der Waals surface area contributed by atoms with E-state index in [-0.39, 0.29) is 34.9 Å². The number of carbonyl (C=O) groups is 2. The van der Waals surface area contributed by atoms with Gasteiger partial charge in [0, 0.05) is 31.4 Å². The number of rotatable bonds is 5. The van der Waals surface area contributed by atoms with Gasteiger partial charge in [-0.05, 0) is 49.1 Å². The number of methoxy groups -OCH3 is 2. The van der Waals surface area contributed by atoms with E-state index >= 15 is 0 Å². The summed E-state index contributed by atoms with van der Waals surface area (Å²) in [7, 11) is 3.06. The number of hydrogen-bond acceptors (Lipinski definition) is 12. The Balaban J connectivity index is 0.000000162. The highest BCUT2D eigenvalue weighted by atomic mass is 16.8. The van der Waals surface area contributed by atoms with E-state index in [0.29, 0.717) is 49.2 Å². The Bertz CT molecular complexity index is 1320. The smallest absolute Gasteiger partial charge is 0.303 e. The van der Waals surface area contributed by atoms with Gasteiger partial charge in [-0.25, -0.2) is 0 Å². The highest BCUT2D eigenvalue weighted by molar-refractivity contribution is 6.12. The number of nitroso groups, excluding NO2 is 1. The predicted molar refractivity (Wildman–Crippen MR) is 140 cm³/mol. The van der Waals surface area contributed by atoms with Crippen LogP contribution in [0.2, 0.25) is 0 Å². The Labute approximate surface area is 230 Å². The number of ether oxygens (including phenoxy) is 7. The maximum absolute atomic E-state index is 12.2. The van der Waals surface area contributed by atoms with Gasteiger partial charge in [0.15, 0.2) is 18.0 Å². The van der Waals surface area contributed by atoms with E-state index in [9.17, 15) is 19.6 Å². The number of phenols is 1. The topological polar surface area (TPSA) is 148 Å². The molecule has 40 heavy (non-hydrogen) atoms. The number of carbonyl (C=O) groups excluding carboxylic acids is 2. The minimum atomic E-state index is -1.14. The lowest BCUT2D eigenvalue weighted by Crippen LogP contribution is -2.59. The first-order chi connectivity index (χ1) is 19.2. The van der Waals surface area contributed by atoms with Crippen LogP contribution >= 0.6 is 0 Å². The number of aryl methyl sites for hydroxylation is 1. The molecule has 12 nitrogen and oxygen atoms in total. The quantitative estimate of drug-likeness (QED) is 0.423. The molecule has 0 radical (unpaired) electrons. The lowest BCUT2D eigenvalue weighted by Gasteiger charge is -2.40. The van der Waals surface area contributed by atoms with Crippen LogP contribution in [0.3, 0.4) is 0 Å². The van der Waals surface area contributed by atoms with Crippen LogP contribution < -0.4 is 4.74 Å². The number of aromatic hydroxyl groups is 1. The number of hydrogen-bond donors (Lipinski definition) is 1. The Morgan fingerprint density at radius 1 is 1.15 bits per heavy atom. The lowest BCUT2D eigenvalue weighted by molar-refractivity contribution is -0.349. The summed E-state index contributed by atoms with van der Waals surface area (Å²) in [5, 5.41) is 14.4. The number of phenolic OH excluding ortho intramolecular Hbond substituents is 1. The third-order valence-electron chi connectivity index (χ3n) is 7.55. The van der Waals surface area contributed by atoms with Crippen LogP contribution in [0.4, 0.5) is 5.69 Å². The summed E-state index contributed by atoms with van der Waals surface area (Å²) in [4.78, 5) is 34.4. The van der Waals surface area contributed by atoms with Gasteiger partial charge in [0.05, 0.1) is 37.9 Å². The minimum Gasteiger partial charge on any atom is -0.506 e. The number of ketones is 1. The standard InChI is InChI=1S/C16H15NO4.C12H18O7/c1-8-6-10-13(11(7-8)17-20)15(19)14-9(16(10)21-2)4-3-5-12(14)18;1-7(13)18-9-8-6-17-12(19-8,10(9)14-2)11-15-4-3-5-16-11/h6-7,19H,3-5H2,1-2H3;8-11H,3-6H2,1-2H3. The Hall–Kier alpha value is -3.16. The van der Waals surface area contributed by atoms with Crippen LogP contribution in [0.25, 0.3) is 10.8 Å². The monoisotopic (exact) mass is 559 g/mol. The summed E-state index contributed by atoms with van der Waals surface area (Å²) in [6.45, 7) is 4.70. The summed E-state index contributed by atoms with van der Waals surface area (Å²) >= 11 is 0. The van der Waals surface area contributed by atoms with E-state index in [1.54, 1.807) is 6.07 Å². The van der Waals surface area contributed by atoms with Gasteiger partial charge in [0.2, 0.25) is 6.29 Å². The summed E-state index contributed by atoms with van der Waals surface area (Å²) in [5.74, 6) is -1.23. The molecule has 216 valence electrons. The molecule has 3 saturated heterocycles. The largest absolute Gasteiger partial charge is 0.506 e. The van der Waals surface area contributed by atoms with E-state index in [0.717, 1.165) is 24.0 Å². The molecule has 3 aliphatic heterocycles. The highest BCUT2D eigenvalue weighted by Gasteiger charge is 2.68. The number of esters is 1. The van der Waals surface area contributed by atoms with Gasteiger partial charge in [-0.2, -0.15) is 0 Å². The second kappa shape index (κ2) is 11.4. The fraction of sp³-hybridized carbons (Fsp3) is 0.571. The van der Waals surface area contributed by atoms with Crippen molar-refractivity contribution >= 4 is 28.2 Å². The van der Waals surface area contributed by atoms with Crippen molar-refractivity contribution in [2.24, 2.45) is 5.18 Å². The van der Waals surface area contributed by atoms with E-state index in [4.69, 9.17) is 33.2 Å². The first-order valence-corrected chi connectivity index (χ1v) is 13.2. The zero-order valence-corrected chi connectivity index (χ0v) is 22.9. The van der Waals surface area contributed by atoms with Crippen molar-refractivity contribution in [1.29, 1.82) is 0 Å². The Morgan fingerprint density at radius 3 is 2.55 bits per heavy atom. The molecule has 1 aliphatic carbocycles. The van der Waals surface area contributed by atoms with Gasteiger partial charge in [0.1, 0.15) is 23.3 Å².